The first-order valence-corrected chi connectivity index (χ1v) is 13.9. The van der Waals surface area contributed by atoms with E-state index >= 15 is 0 Å². The van der Waals surface area contributed by atoms with Crippen molar-refractivity contribution in [2.45, 2.75) is 84.2 Å². The highest BCUT2D eigenvalue weighted by Gasteiger charge is 2.42. The van der Waals surface area contributed by atoms with E-state index < -0.39 is 23.4 Å². The van der Waals surface area contributed by atoms with E-state index in [-0.39, 0.29) is 24.5 Å². The Morgan fingerprint density at radius 2 is 1.51 bits per heavy atom. The van der Waals surface area contributed by atoms with Gasteiger partial charge in [-0.25, -0.2) is 19.6 Å². The smallest absolute Gasteiger partial charge is 0.410 e. The van der Waals surface area contributed by atoms with Crippen LogP contribution in [0.4, 0.5) is 4.79 Å². The molecule has 1 N–H and O–H groups in total. The van der Waals surface area contributed by atoms with Crippen molar-refractivity contribution in [1.29, 1.82) is 0 Å². The van der Waals surface area contributed by atoms with Gasteiger partial charge in [-0.3, -0.25) is 5.32 Å². The first-order chi connectivity index (χ1) is 19.4. The second-order valence-corrected chi connectivity index (χ2v) is 11.6. The number of ether oxygens (including phenoxy) is 4. The van der Waals surface area contributed by atoms with Crippen molar-refractivity contribution in [3.8, 4) is 11.5 Å². The molecule has 218 valence electrons. The molecule has 0 spiro atoms. The highest BCUT2D eigenvalue weighted by molar-refractivity contribution is 5.85. The average Bonchev–Trinajstić information content (AvgIpc) is 2.90. The molecule has 2 aromatic carbocycles. The van der Waals surface area contributed by atoms with Gasteiger partial charge in [-0.05, 0) is 75.6 Å². The number of carbonyl (C=O) groups excluding carboxylic acids is 2. The second kappa shape index (κ2) is 12.2. The third-order valence-electron chi connectivity index (χ3n) is 6.91. The Morgan fingerprint density at radius 3 is 2.05 bits per heavy atom. The van der Waals surface area contributed by atoms with E-state index in [0.29, 0.717) is 17.2 Å². The molecule has 1 aromatic heterocycles. The molecule has 1 amide bonds. The fourth-order valence-corrected chi connectivity index (χ4v) is 4.47. The predicted molar refractivity (Wildman–Crippen MR) is 154 cm³/mol. The summed E-state index contributed by atoms with van der Waals surface area (Å²) in [6.45, 7) is 12.0. The number of hydrogen-bond donors (Lipinski definition) is 1. The Hall–Kier alpha value is -4.14. The van der Waals surface area contributed by atoms with Crippen molar-refractivity contribution in [3.63, 3.8) is 0 Å². The first kappa shape index (κ1) is 29.8. The van der Waals surface area contributed by atoms with Gasteiger partial charge in [-0.15, -0.1) is 0 Å². The summed E-state index contributed by atoms with van der Waals surface area (Å²) >= 11 is 0. The molecular weight excluding hydrogens is 522 g/mol. The van der Waals surface area contributed by atoms with Crippen molar-refractivity contribution < 1.29 is 28.5 Å². The number of nitrogens with zero attached hydrogens (tertiary/aromatic N) is 2. The van der Waals surface area contributed by atoms with Gasteiger partial charge in [-0.1, -0.05) is 38.1 Å². The van der Waals surface area contributed by atoms with Crippen LogP contribution in [0.1, 0.15) is 88.2 Å². The molecule has 1 saturated carbocycles. The van der Waals surface area contributed by atoms with Crippen LogP contribution in [-0.2, 0) is 21.5 Å². The molecule has 9 nitrogen and oxygen atoms in total. The van der Waals surface area contributed by atoms with E-state index in [0.717, 1.165) is 30.4 Å². The Bertz CT molecular complexity index is 1340. The Morgan fingerprint density at radius 1 is 0.902 bits per heavy atom. The van der Waals surface area contributed by atoms with Crippen molar-refractivity contribution in [3.05, 3.63) is 83.4 Å². The molecule has 4 rings (SSSR count). The number of aromatic nitrogens is 2. The van der Waals surface area contributed by atoms with Gasteiger partial charge in [0.2, 0.25) is 5.82 Å². The summed E-state index contributed by atoms with van der Waals surface area (Å²) in [6.07, 6.45) is 3.49. The molecule has 1 aliphatic carbocycles. The van der Waals surface area contributed by atoms with Crippen LogP contribution in [-0.4, -0.2) is 40.0 Å². The van der Waals surface area contributed by atoms with E-state index in [2.05, 4.69) is 41.3 Å². The number of benzene rings is 2. The van der Waals surface area contributed by atoms with Gasteiger partial charge >= 0.3 is 12.1 Å². The topological polar surface area (TPSA) is 109 Å². The molecule has 0 atom stereocenters. The van der Waals surface area contributed by atoms with Gasteiger partial charge in [-0.2, -0.15) is 0 Å². The molecule has 9 heteroatoms. The van der Waals surface area contributed by atoms with E-state index in [9.17, 15) is 9.59 Å². The molecular formula is C32H39N3O6. The molecule has 1 aliphatic rings. The van der Waals surface area contributed by atoms with Crippen molar-refractivity contribution in [1.82, 2.24) is 15.3 Å². The number of esters is 1. The monoisotopic (exact) mass is 561 g/mol. The van der Waals surface area contributed by atoms with Crippen LogP contribution in [0.5, 0.6) is 11.5 Å². The van der Waals surface area contributed by atoms with Crippen molar-refractivity contribution in [2.24, 2.45) is 0 Å². The maximum Gasteiger partial charge on any atom is 0.410 e. The summed E-state index contributed by atoms with van der Waals surface area (Å²) < 4.78 is 22.5. The zero-order valence-corrected chi connectivity index (χ0v) is 24.7. The largest absolute Gasteiger partial charge is 0.487 e. The summed E-state index contributed by atoms with van der Waals surface area (Å²) in [5, 5.41) is 2.92. The van der Waals surface area contributed by atoms with Crippen molar-refractivity contribution >= 4 is 12.1 Å². The summed E-state index contributed by atoms with van der Waals surface area (Å²) in [6, 6.07) is 17.6. The lowest BCUT2D eigenvalue weighted by atomic mass is 9.78. The quantitative estimate of drug-likeness (QED) is 0.226. The van der Waals surface area contributed by atoms with Crippen LogP contribution >= 0.6 is 0 Å². The van der Waals surface area contributed by atoms with Crippen LogP contribution in [0.3, 0.4) is 0 Å². The molecule has 0 bridgehead atoms. The zero-order valence-electron chi connectivity index (χ0n) is 24.7. The molecule has 0 aliphatic heterocycles. The van der Waals surface area contributed by atoms with Crippen LogP contribution in [0.2, 0.25) is 0 Å². The van der Waals surface area contributed by atoms with Gasteiger partial charge in [0, 0.05) is 24.5 Å². The minimum atomic E-state index is -0.735. The summed E-state index contributed by atoms with van der Waals surface area (Å²) in [4.78, 5) is 32.4. The van der Waals surface area contributed by atoms with E-state index in [4.69, 9.17) is 18.9 Å². The minimum absolute atomic E-state index is 0.0172. The van der Waals surface area contributed by atoms with Gasteiger partial charge in [0.05, 0.1) is 12.3 Å². The van der Waals surface area contributed by atoms with Gasteiger partial charge in [0.1, 0.15) is 23.7 Å². The zero-order chi connectivity index (χ0) is 29.7. The van der Waals surface area contributed by atoms with E-state index in [1.165, 1.54) is 6.20 Å². The lowest BCUT2D eigenvalue weighted by Gasteiger charge is -2.42. The number of amides is 1. The SMILES string of the molecule is CCOC(=O)c1nccc(COc2ccc(C(C)(C)c3ccc(OC4(NC(=O)OC(C)(C)C)CCC4)cc3)cc2)n1. The molecule has 3 aromatic rings. The lowest BCUT2D eigenvalue weighted by Crippen LogP contribution is -2.58. The normalized spacial score (nSPS) is 14.4. The number of rotatable bonds is 10. The van der Waals surface area contributed by atoms with Crippen LogP contribution in [0.25, 0.3) is 0 Å². The average molecular weight is 562 g/mol. The van der Waals surface area contributed by atoms with Gasteiger partial charge < -0.3 is 18.9 Å². The number of nitrogens with one attached hydrogen (secondary N) is 1. The number of carbonyl (C=O) groups is 2. The second-order valence-electron chi connectivity index (χ2n) is 11.6. The molecule has 0 saturated heterocycles. The highest BCUT2D eigenvalue weighted by atomic mass is 16.6. The van der Waals surface area contributed by atoms with Crippen LogP contribution < -0.4 is 14.8 Å². The standard InChI is InChI=1S/C32H39N3O6/c1-7-38-28(36)27-33-20-17-24(34-27)21-39-25-13-9-22(10-14-25)31(5,6)23-11-15-26(16-12-23)40-32(18-8-19-32)35-29(37)41-30(2,3)4/h9-17,20H,7-8,18-19,21H2,1-6H3,(H,35,37). The van der Waals surface area contributed by atoms with Gasteiger partial charge in [0.15, 0.2) is 5.72 Å². The number of alkyl carbamates (subject to hydrolysis) is 1. The fourth-order valence-electron chi connectivity index (χ4n) is 4.47. The molecule has 1 heterocycles. The summed E-state index contributed by atoms with van der Waals surface area (Å²) in [5.74, 6) is 0.844. The van der Waals surface area contributed by atoms with E-state index in [1.807, 2.05) is 57.2 Å². The Labute approximate surface area is 241 Å². The maximum absolute atomic E-state index is 12.4. The molecule has 0 radical (unpaired) electrons. The first-order valence-electron chi connectivity index (χ1n) is 13.9. The Kier molecular flexibility index (Phi) is 8.85. The van der Waals surface area contributed by atoms with Crippen molar-refractivity contribution in [2.75, 3.05) is 6.61 Å². The third kappa shape index (κ3) is 7.74. The summed E-state index contributed by atoms with van der Waals surface area (Å²) in [7, 11) is 0. The third-order valence-corrected chi connectivity index (χ3v) is 6.91. The fraction of sp³-hybridized carbons (Fsp3) is 0.438. The van der Waals surface area contributed by atoms with Gasteiger partial charge in [0.25, 0.3) is 0 Å². The Balaban J connectivity index is 1.37. The lowest BCUT2D eigenvalue weighted by molar-refractivity contribution is -0.0458. The molecule has 1 fully saturated rings. The number of hydrogen-bond acceptors (Lipinski definition) is 8. The summed E-state index contributed by atoms with van der Waals surface area (Å²) in [5.41, 5.74) is 1.24. The molecule has 0 unspecified atom stereocenters. The van der Waals surface area contributed by atoms with Crippen LogP contribution in [0, 0.1) is 0 Å². The van der Waals surface area contributed by atoms with Crippen LogP contribution in [0.15, 0.2) is 60.8 Å². The highest BCUT2D eigenvalue weighted by Crippen LogP contribution is 2.37. The molecule has 41 heavy (non-hydrogen) atoms. The minimum Gasteiger partial charge on any atom is -0.487 e. The predicted octanol–water partition coefficient (Wildman–Crippen LogP) is 6.34. The van der Waals surface area contributed by atoms with E-state index in [1.54, 1.807) is 13.0 Å². The maximum atomic E-state index is 12.4.